The van der Waals surface area contributed by atoms with Crippen molar-refractivity contribution in [3.63, 3.8) is 0 Å². The summed E-state index contributed by atoms with van der Waals surface area (Å²) < 4.78 is 32.8. The fourth-order valence-electron chi connectivity index (χ4n) is 3.41. The van der Waals surface area contributed by atoms with Gasteiger partial charge in [0, 0.05) is 18.8 Å². The highest BCUT2D eigenvalue weighted by atomic mass is 19.1. The Morgan fingerprint density at radius 3 is 2.55 bits per heavy atom. The minimum atomic E-state index is -0.674. The Kier molecular flexibility index (Phi) is 4.65. The van der Waals surface area contributed by atoms with E-state index >= 15 is 0 Å². The summed E-state index contributed by atoms with van der Waals surface area (Å²) in [4.78, 5) is 23.8. The number of hydrogen-bond donors (Lipinski definition) is 1. The monoisotopic (exact) mass is 399 g/mol. The quantitative estimate of drug-likeness (QED) is 0.857. The van der Waals surface area contributed by atoms with Crippen LogP contribution in [0.5, 0.6) is 5.75 Å². The molecule has 0 bridgehead atoms. The number of rotatable bonds is 3. The Morgan fingerprint density at radius 2 is 1.90 bits per heavy atom. The standard InChI is InChI=1S/C20H19F2N5O2/c1-11-6-15(29-3)4-5-16(11)24-18-25-20(28)26(2)19-23-10-17(27(18)19)12-7-13(21)9-14(22)8-12/h4-9,17H,10H2,1-3H3,(H,24,25,28). The molecule has 0 spiro atoms. The van der Waals surface area contributed by atoms with E-state index in [1.54, 1.807) is 25.1 Å². The van der Waals surface area contributed by atoms with Crippen LogP contribution < -0.4 is 10.1 Å². The second kappa shape index (κ2) is 7.16. The highest BCUT2D eigenvalue weighted by molar-refractivity contribution is 6.17. The van der Waals surface area contributed by atoms with E-state index in [-0.39, 0.29) is 12.5 Å². The van der Waals surface area contributed by atoms with Crippen molar-refractivity contribution in [2.24, 2.45) is 9.98 Å². The number of guanidine groups is 2. The van der Waals surface area contributed by atoms with Gasteiger partial charge in [0.25, 0.3) is 0 Å². The Hall–Kier alpha value is -3.49. The van der Waals surface area contributed by atoms with Crippen LogP contribution in [0.1, 0.15) is 17.2 Å². The molecule has 9 heteroatoms. The molecule has 2 aliphatic rings. The number of methoxy groups -OCH3 is 1. The van der Waals surface area contributed by atoms with Crippen LogP contribution in [0.4, 0.5) is 19.3 Å². The van der Waals surface area contributed by atoms with Crippen LogP contribution in [0.2, 0.25) is 0 Å². The topological polar surface area (TPSA) is 69.5 Å². The summed E-state index contributed by atoms with van der Waals surface area (Å²) in [6.45, 7) is 2.12. The van der Waals surface area contributed by atoms with Crippen molar-refractivity contribution in [2.75, 3.05) is 26.0 Å². The molecule has 0 radical (unpaired) electrons. The maximum Gasteiger partial charge on any atom is 0.353 e. The summed E-state index contributed by atoms with van der Waals surface area (Å²) in [6.07, 6.45) is 0. The summed E-state index contributed by atoms with van der Waals surface area (Å²) in [5.74, 6) is -0.0359. The Morgan fingerprint density at radius 1 is 1.17 bits per heavy atom. The van der Waals surface area contributed by atoms with Crippen LogP contribution in [0.25, 0.3) is 0 Å². The van der Waals surface area contributed by atoms with Gasteiger partial charge < -0.3 is 10.1 Å². The third kappa shape index (κ3) is 3.39. The first kappa shape index (κ1) is 18.9. The van der Waals surface area contributed by atoms with Crippen LogP contribution in [0.3, 0.4) is 0 Å². The number of aryl methyl sites for hydroxylation is 1. The van der Waals surface area contributed by atoms with Crippen LogP contribution in [0, 0.1) is 18.6 Å². The number of carbonyl (C=O) groups is 1. The van der Waals surface area contributed by atoms with E-state index in [0.29, 0.717) is 17.3 Å². The predicted molar refractivity (Wildman–Crippen MR) is 105 cm³/mol. The summed E-state index contributed by atoms with van der Waals surface area (Å²) in [6, 6.07) is 7.79. The van der Waals surface area contributed by atoms with E-state index in [9.17, 15) is 13.6 Å². The van der Waals surface area contributed by atoms with E-state index < -0.39 is 23.7 Å². The number of anilines is 1. The van der Waals surface area contributed by atoms with E-state index in [0.717, 1.165) is 17.3 Å². The predicted octanol–water partition coefficient (Wildman–Crippen LogP) is 3.53. The molecule has 1 atom stereocenters. The van der Waals surface area contributed by atoms with Crippen molar-refractivity contribution in [1.82, 2.24) is 9.80 Å². The normalized spacial score (nSPS) is 18.4. The number of nitrogens with zero attached hydrogens (tertiary/aromatic N) is 4. The Bertz CT molecular complexity index is 1030. The molecule has 2 aromatic rings. The number of aliphatic imine (C=N–C) groups is 2. The lowest BCUT2D eigenvalue weighted by atomic mass is 10.1. The third-order valence-corrected chi connectivity index (χ3v) is 4.90. The van der Waals surface area contributed by atoms with Gasteiger partial charge in [-0.1, -0.05) is 0 Å². The minimum Gasteiger partial charge on any atom is -0.497 e. The maximum absolute atomic E-state index is 13.8. The second-order valence-electron chi connectivity index (χ2n) is 6.81. The van der Waals surface area contributed by atoms with Gasteiger partial charge in [0.05, 0.1) is 19.7 Å². The Labute approximate surface area is 166 Å². The number of amides is 2. The molecule has 0 saturated heterocycles. The largest absolute Gasteiger partial charge is 0.497 e. The molecule has 7 nitrogen and oxygen atoms in total. The van der Waals surface area contributed by atoms with Crippen LogP contribution in [-0.2, 0) is 0 Å². The van der Waals surface area contributed by atoms with Crippen LogP contribution >= 0.6 is 0 Å². The van der Waals surface area contributed by atoms with E-state index in [2.05, 4.69) is 15.3 Å². The maximum atomic E-state index is 13.8. The summed E-state index contributed by atoms with van der Waals surface area (Å²) in [7, 11) is 3.14. The zero-order chi connectivity index (χ0) is 20.7. The molecule has 0 aromatic heterocycles. The van der Waals surface area contributed by atoms with Crippen molar-refractivity contribution in [2.45, 2.75) is 13.0 Å². The third-order valence-electron chi connectivity index (χ3n) is 4.90. The summed E-state index contributed by atoms with van der Waals surface area (Å²) in [5.41, 5.74) is 2.01. The molecule has 29 heavy (non-hydrogen) atoms. The van der Waals surface area contributed by atoms with Crippen molar-refractivity contribution in [1.29, 1.82) is 0 Å². The molecule has 2 heterocycles. The van der Waals surface area contributed by atoms with Crippen LogP contribution in [0.15, 0.2) is 46.4 Å². The first-order chi connectivity index (χ1) is 13.9. The van der Waals surface area contributed by atoms with Gasteiger partial charge in [-0.3, -0.25) is 9.80 Å². The van der Waals surface area contributed by atoms with E-state index in [1.165, 1.54) is 17.0 Å². The smallest absolute Gasteiger partial charge is 0.353 e. The Balaban J connectivity index is 1.72. The molecular formula is C20H19F2N5O2. The van der Waals surface area contributed by atoms with Gasteiger partial charge in [-0.15, -0.1) is 0 Å². The highest BCUT2D eigenvalue weighted by Crippen LogP contribution is 2.32. The lowest BCUT2D eigenvalue weighted by Crippen LogP contribution is -2.53. The van der Waals surface area contributed by atoms with E-state index in [4.69, 9.17) is 4.74 Å². The second-order valence-corrected chi connectivity index (χ2v) is 6.81. The number of carbonyl (C=O) groups excluding carboxylic acids is 1. The fraction of sp³-hybridized carbons (Fsp3) is 0.250. The zero-order valence-electron chi connectivity index (χ0n) is 16.1. The molecule has 150 valence electrons. The molecule has 1 N–H and O–H groups in total. The van der Waals surface area contributed by atoms with Gasteiger partial charge in [-0.05, 0) is 48.4 Å². The number of halogens is 2. The highest BCUT2D eigenvalue weighted by Gasteiger charge is 2.40. The number of fused-ring (bicyclic) bond motifs is 1. The number of ether oxygens (including phenoxy) is 1. The molecular weight excluding hydrogens is 380 g/mol. The molecule has 2 amide bonds. The van der Waals surface area contributed by atoms with Gasteiger partial charge in [0.1, 0.15) is 17.4 Å². The summed E-state index contributed by atoms with van der Waals surface area (Å²) >= 11 is 0. The first-order valence-corrected chi connectivity index (χ1v) is 8.95. The minimum absolute atomic E-state index is 0.234. The summed E-state index contributed by atoms with van der Waals surface area (Å²) in [5, 5.41) is 3.16. The number of urea groups is 1. The van der Waals surface area contributed by atoms with Gasteiger partial charge in [0.2, 0.25) is 11.9 Å². The van der Waals surface area contributed by atoms with Crippen molar-refractivity contribution in [3.05, 3.63) is 59.2 Å². The number of nitrogens with one attached hydrogen (secondary N) is 1. The molecule has 0 saturated carbocycles. The van der Waals surface area contributed by atoms with Crippen molar-refractivity contribution in [3.8, 4) is 5.75 Å². The molecule has 2 aromatic carbocycles. The molecule has 0 aliphatic carbocycles. The molecule has 0 fully saturated rings. The van der Waals surface area contributed by atoms with Crippen molar-refractivity contribution >= 4 is 23.6 Å². The van der Waals surface area contributed by atoms with Gasteiger partial charge >= 0.3 is 6.03 Å². The van der Waals surface area contributed by atoms with Gasteiger partial charge in [-0.25, -0.2) is 18.6 Å². The van der Waals surface area contributed by atoms with Gasteiger partial charge in [0.15, 0.2) is 0 Å². The lowest BCUT2D eigenvalue weighted by molar-refractivity contribution is 0.230. The average molecular weight is 399 g/mol. The fourth-order valence-corrected chi connectivity index (χ4v) is 3.41. The SMILES string of the molecule is COc1ccc(NC2=NC(=O)N(C)C3=NCC(c4cc(F)cc(F)c4)N23)c(C)c1. The number of hydrogen-bond acceptors (Lipinski definition) is 5. The lowest BCUT2D eigenvalue weighted by Gasteiger charge is -2.35. The van der Waals surface area contributed by atoms with Crippen LogP contribution in [-0.4, -0.2) is 48.5 Å². The molecule has 4 rings (SSSR count). The zero-order valence-corrected chi connectivity index (χ0v) is 16.1. The molecule has 1 unspecified atom stereocenters. The first-order valence-electron chi connectivity index (χ1n) is 8.95. The van der Waals surface area contributed by atoms with Crippen molar-refractivity contribution < 1.29 is 18.3 Å². The van der Waals surface area contributed by atoms with Gasteiger partial charge in [-0.2, -0.15) is 4.99 Å². The molecule has 2 aliphatic heterocycles. The number of benzene rings is 2. The van der Waals surface area contributed by atoms with E-state index in [1.807, 2.05) is 19.1 Å². The average Bonchev–Trinajstić information content (AvgIpc) is 3.12.